The number of aromatic nitrogens is 1. The molecule has 2 aromatic heterocycles. The molecule has 0 N–H and O–H groups in total. The van der Waals surface area contributed by atoms with Crippen molar-refractivity contribution in [2.24, 2.45) is 0 Å². The van der Waals surface area contributed by atoms with Crippen molar-refractivity contribution in [1.29, 1.82) is 5.26 Å². The van der Waals surface area contributed by atoms with Gasteiger partial charge in [0.1, 0.15) is 22.7 Å². The van der Waals surface area contributed by atoms with Gasteiger partial charge in [0, 0.05) is 44.4 Å². The van der Waals surface area contributed by atoms with Gasteiger partial charge in [0.2, 0.25) is 6.79 Å². The largest absolute Gasteiger partial charge is 0.457 e. The maximum Gasteiger partial charge on any atom is 0.230 e. The van der Waals surface area contributed by atoms with Crippen LogP contribution in [0.15, 0.2) is 126 Å². The van der Waals surface area contributed by atoms with Gasteiger partial charge in [-0.25, -0.2) is 0 Å². The Morgan fingerprint density at radius 2 is 1.40 bits per heavy atom. The Hall–Kier alpha value is -5.99. The second-order valence-corrected chi connectivity index (χ2v) is 10.8. The van der Waals surface area contributed by atoms with Crippen LogP contribution in [0.2, 0.25) is 0 Å². The van der Waals surface area contributed by atoms with E-state index in [1.54, 1.807) is 0 Å². The summed E-state index contributed by atoms with van der Waals surface area (Å²) in [5.74, 6) is 1.53. The normalized spacial score (nSPS) is 12.4. The Kier molecular flexibility index (Phi) is 4.96. The van der Waals surface area contributed by atoms with Crippen LogP contribution in [0.5, 0.6) is 11.5 Å². The fourth-order valence-electron chi connectivity index (χ4n) is 6.52. The molecule has 1 aliphatic heterocycles. The van der Waals surface area contributed by atoms with E-state index < -0.39 is 0 Å². The van der Waals surface area contributed by atoms with Crippen molar-refractivity contribution >= 4 is 43.7 Å². The summed E-state index contributed by atoms with van der Waals surface area (Å²) in [4.78, 5) is 0. The van der Waals surface area contributed by atoms with Gasteiger partial charge in [0.15, 0.2) is 0 Å². The van der Waals surface area contributed by atoms with Gasteiger partial charge < -0.3 is 18.5 Å². The molecule has 0 saturated heterocycles. The second kappa shape index (κ2) is 9.01. The Balaban J connectivity index is 1.22. The number of para-hydroxylation sites is 2. The van der Waals surface area contributed by atoms with Crippen LogP contribution in [0.4, 0.5) is 0 Å². The minimum absolute atomic E-state index is 0.115. The van der Waals surface area contributed by atoms with Crippen molar-refractivity contribution in [2.75, 3.05) is 6.79 Å². The molecule has 0 unspecified atom stereocenters. The van der Waals surface area contributed by atoms with Gasteiger partial charge in [-0.1, -0.05) is 54.6 Å². The highest BCUT2D eigenvalue weighted by Gasteiger charge is 2.21. The third kappa shape index (κ3) is 3.51. The van der Waals surface area contributed by atoms with Gasteiger partial charge in [0.05, 0.1) is 22.7 Å². The molecule has 0 aliphatic carbocycles. The third-order valence-corrected chi connectivity index (χ3v) is 8.44. The van der Waals surface area contributed by atoms with E-state index in [1.807, 2.05) is 66.7 Å². The van der Waals surface area contributed by atoms with Crippen molar-refractivity contribution in [1.82, 2.24) is 4.57 Å². The minimum Gasteiger partial charge on any atom is -0.457 e. The Labute approximate surface area is 246 Å². The molecule has 5 heteroatoms. The van der Waals surface area contributed by atoms with Crippen LogP contribution in [0, 0.1) is 11.3 Å². The van der Waals surface area contributed by atoms with Gasteiger partial charge in [0.25, 0.3) is 0 Å². The fourth-order valence-corrected chi connectivity index (χ4v) is 6.52. The molecule has 1 aliphatic rings. The summed E-state index contributed by atoms with van der Waals surface area (Å²) in [5.41, 5.74) is 9.59. The summed E-state index contributed by atoms with van der Waals surface area (Å²) in [6, 6.07) is 43.4. The molecule has 6 aromatic carbocycles. The van der Waals surface area contributed by atoms with Crippen molar-refractivity contribution < 1.29 is 13.9 Å². The number of benzene rings is 6. The molecule has 202 valence electrons. The van der Waals surface area contributed by atoms with Crippen molar-refractivity contribution in [3.05, 3.63) is 127 Å². The summed E-state index contributed by atoms with van der Waals surface area (Å²) < 4.78 is 20.7. The first-order valence-electron chi connectivity index (χ1n) is 14.2. The van der Waals surface area contributed by atoms with Crippen molar-refractivity contribution in [3.8, 4) is 45.5 Å². The first-order chi connectivity index (χ1) is 21.3. The topological polar surface area (TPSA) is 60.3 Å². The third-order valence-electron chi connectivity index (χ3n) is 8.44. The lowest BCUT2D eigenvalue weighted by Gasteiger charge is -2.13. The average Bonchev–Trinajstić information content (AvgIpc) is 3.54. The minimum atomic E-state index is 0.115. The molecule has 0 atom stereocenters. The summed E-state index contributed by atoms with van der Waals surface area (Å²) in [6.45, 7) is 0.115. The number of nitrogens with zero attached hydrogens (tertiary/aromatic N) is 2. The molecule has 5 nitrogen and oxygen atoms in total. The summed E-state index contributed by atoms with van der Waals surface area (Å²) in [5, 5.41) is 13.9. The van der Waals surface area contributed by atoms with Crippen LogP contribution >= 0.6 is 0 Å². The number of hydrogen-bond acceptors (Lipinski definition) is 4. The average molecular weight is 555 g/mol. The zero-order valence-electron chi connectivity index (χ0n) is 22.9. The number of rotatable bonds is 2. The number of furan rings is 1. The number of ether oxygens (including phenoxy) is 2. The highest BCUT2D eigenvalue weighted by Crippen LogP contribution is 2.44. The first-order valence-corrected chi connectivity index (χ1v) is 14.2. The zero-order chi connectivity index (χ0) is 28.5. The molecule has 8 aromatic rings. The van der Waals surface area contributed by atoms with E-state index in [0.29, 0.717) is 5.56 Å². The van der Waals surface area contributed by atoms with Gasteiger partial charge in [-0.15, -0.1) is 0 Å². The molecule has 0 fully saturated rings. The molecule has 43 heavy (non-hydrogen) atoms. The van der Waals surface area contributed by atoms with Crippen LogP contribution in [0.1, 0.15) is 5.56 Å². The lowest BCUT2D eigenvalue weighted by Crippen LogP contribution is -2.04. The number of fused-ring (bicyclic) bond motifs is 9. The van der Waals surface area contributed by atoms with E-state index >= 15 is 0 Å². The lowest BCUT2D eigenvalue weighted by molar-refractivity contribution is 0.125. The maximum absolute atomic E-state index is 9.52. The second-order valence-electron chi connectivity index (χ2n) is 10.8. The molecular weight excluding hydrogens is 532 g/mol. The Morgan fingerprint density at radius 3 is 2.33 bits per heavy atom. The smallest absolute Gasteiger partial charge is 0.230 e. The lowest BCUT2D eigenvalue weighted by atomic mass is 9.95. The molecule has 0 radical (unpaired) electrons. The fraction of sp³-hybridized carbons (Fsp3) is 0.0263. The SMILES string of the molecule is N#Cc1ccc2c(c1)c1ccccc1n2-c1ccc2c(c1)OCOc1ccc(-c3cccc4oc5ccccc5c34)cc1-2. The van der Waals surface area contributed by atoms with Crippen LogP contribution in [-0.2, 0) is 0 Å². The quantitative estimate of drug-likeness (QED) is 0.213. The van der Waals surface area contributed by atoms with Crippen molar-refractivity contribution in [3.63, 3.8) is 0 Å². The van der Waals surface area contributed by atoms with Crippen LogP contribution in [0.25, 0.3) is 71.7 Å². The molecule has 0 saturated carbocycles. The van der Waals surface area contributed by atoms with Gasteiger partial charge >= 0.3 is 0 Å². The van der Waals surface area contributed by atoms with E-state index in [2.05, 4.69) is 65.2 Å². The standard InChI is InChI=1S/C38H22N2O3/c39-21-23-12-16-33-30(18-23)27-6-1-3-9-32(27)40(33)25-14-15-28-31-19-24(13-17-34(31)41-22-42-37(28)20-25)26-8-5-11-36-38(26)29-7-2-4-10-35(29)43-36/h1-20H,22H2. The van der Waals surface area contributed by atoms with E-state index in [-0.39, 0.29) is 6.79 Å². The predicted octanol–water partition coefficient (Wildman–Crippen LogP) is 9.62. The maximum atomic E-state index is 9.52. The highest BCUT2D eigenvalue weighted by atomic mass is 16.7. The van der Waals surface area contributed by atoms with E-state index in [9.17, 15) is 5.26 Å². The summed E-state index contributed by atoms with van der Waals surface area (Å²) in [7, 11) is 0. The summed E-state index contributed by atoms with van der Waals surface area (Å²) >= 11 is 0. The van der Waals surface area contributed by atoms with Gasteiger partial charge in [-0.2, -0.15) is 5.26 Å². The van der Waals surface area contributed by atoms with E-state index in [1.165, 1.54) is 0 Å². The molecule has 9 rings (SSSR count). The molecule has 0 bridgehead atoms. The van der Waals surface area contributed by atoms with E-state index in [0.717, 1.165) is 83.2 Å². The zero-order valence-corrected chi connectivity index (χ0v) is 22.9. The molecular formula is C38H22N2O3. The van der Waals surface area contributed by atoms with Crippen molar-refractivity contribution in [2.45, 2.75) is 0 Å². The van der Waals surface area contributed by atoms with Gasteiger partial charge in [-0.3, -0.25) is 0 Å². The number of nitriles is 1. The highest BCUT2D eigenvalue weighted by molar-refractivity contribution is 6.13. The van der Waals surface area contributed by atoms with Gasteiger partial charge in [-0.05, 0) is 71.8 Å². The Bertz CT molecular complexity index is 2460. The molecule has 3 heterocycles. The predicted molar refractivity (Wildman–Crippen MR) is 170 cm³/mol. The van der Waals surface area contributed by atoms with Crippen LogP contribution in [-0.4, -0.2) is 11.4 Å². The summed E-state index contributed by atoms with van der Waals surface area (Å²) in [6.07, 6.45) is 0. The van der Waals surface area contributed by atoms with Crippen LogP contribution < -0.4 is 9.47 Å². The van der Waals surface area contributed by atoms with E-state index in [4.69, 9.17) is 13.9 Å². The Morgan fingerprint density at radius 1 is 0.581 bits per heavy atom. The molecule has 0 spiro atoms. The first kappa shape index (κ1) is 23.7. The monoisotopic (exact) mass is 554 g/mol. The molecule has 0 amide bonds. The number of hydrogen-bond donors (Lipinski definition) is 0. The van der Waals surface area contributed by atoms with Crippen LogP contribution in [0.3, 0.4) is 0 Å².